The molecular formula is C20H29N3O6S. The molecule has 0 fully saturated rings. The number of hydrogen-bond donors (Lipinski definition) is 5. The van der Waals surface area contributed by atoms with E-state index in [0.29, 0.717) is 0 Å². The maximum Gasteiger partial charge on any atom is 0.322 e. The lowest BCUT2D eigenvalue weighted by Crippen LogP contribution is -2.49. The van der Waals surface area contributed by atoms with Crippen LogP contribution in [0.4, 0.5) is 0 Å². The number of unbranched alkanes of at least 4 members (excludes halogenated alkanes) is 1. The summed E-state index contributed by atoms with van der Waals surface area (Å²) in [6.45, 7) is -0.545. The summed E-state index contributed by atoms with van der Waals surface area (Å²) in [5.74, 6) is -2.42. The number of aliphatic carboxylic acids is 2. The van der Waals surface area contributed by atoms with E-state index in [0.717, 1.165) is 25.0 Å². The van der Waals surface area contributed by atoms with Crippen molar-refractivity contribution in [2.24, 2.45) is 5.73 Å². The number of carboxylic acid groups (broad SMARTS) is 2. The molecule has 30 heavy (non-hydrogen) atoms. The summed E-state index contributed by atoms with van der Waals surface area (Å²) in [5, 5.41) is 22.3. The van der Waals surface area contributed by atoms with E-state index >= 15 is 0 Å². The van der Waals surface area contributed by atoms with Crippen LogP contribution in [0.15, 0.2) is 30.3 Å². The fourth-order valence-electron chi connectivity index (χ4n) is 2.52. The van der Waals surface area contributed by atoms with Crippen molar-refractivity contribution in [3.05, 3.63) is 35.9 Å². The first-order valence-corrected chi connectivity index (χ1v) is 10.8. The summed E-state index contributed by atoms with van der Waals surface area (Å²) < 4.78 is 0. The molecule has 166 valence electrons. The van der Waals surface area contributed by atoms with Gasteiger partial charge in [0.15, 0.2) is 0 Å². The summed E-state index contributed by atoms with van der Waals surface area (Å²) in [5.41, 5.74) is 6.64. The van der Waals surface area contributed by atoms with E-state index < -0.39 is 42.4 Å². The van der Waals surface area contributed by atoms with Gasteiger partial charge >= 0.3 is 11.9 Å². The van der Waals surface area contributed by atoms with Gasteiger partial charge in [-0.05, 0) is 37.0 Å². The fraction of sp³-hybridized carbons (Fsp3) is 0.500. The lowest BCUT2D eigenvalue weighted by Gasteiger charge is -2.18. The van der Waals surface area contributed by atoms with Gasteiger partial charge in [-0.1, -0.05) is 30.3 Å². The van der Waals surface area contributed by atoms with Gasteiger partial charge in [0.1, 0.15) is 18.6 Å². The largest absolute Gasteiger partial charge is 0.480 e. The Balaban J connectivity index is 2.42. The van der Waals surface area contributed by atoms with E-state index in [9.17, 15) is 19.2 Å². The van der Waals surface area contributed by atoms with Crippen molar-refractivity contribution in [2.45, 2.75) is 44.2 Å². The van der Waals surface area contributed by atoms with Crippen LogP contribution in [0.2, 0.25) is 0 Å². The fourth-order valence-corrected chi connectivity index (χ4v) is 3.57. The Labute approximate surface area is 179 Å². The molecule has 0 bridgehead atoms. The third kappa shape index (κ3) is 11.4. The molecule has 0 heterocycles. The van der Waals surface area contributed by atoms with E-state index in [4.69, 9.17) is 15.9 Å². The van der Waals surface area contributed by atoms with Crippen molar-refractivity contribution in [3.63, 3.8) is 0 Å². The zero-order valence-electron chi connectivity index (χ0n) is 16.7. The third-order valence-corrected chi connectivity index (χ3v) is 5.34. The number of nitrogens with two attached hydrogens (primary N) is 1. The molecule has 2 amide bonds. The molecule has 9 nitrogen and oxygen atoms in total. The normalized spacial score (nSPS) is 12.6. The monoisotopic (exact) mass is 439 g/mol. The number of carbonyl (C=O) groups excluding carboxylic acids is 2. The van der Waals surface area contributed by atoms with Crippen molar-refractivity contribution in [2.75, 3.05) is 18.1 Å². The van der Waals surface area contributed by atoms with E-state index in [1.54, 1.807) is 0 Å². The summed E-state index contributed by atoms with van der Waals surface area (Å²) in [4.78, 5) is 45.7. The number of amides is 2. The minimum absolute atomic E-state index is 0.0583. The van der Waals surface area contributed by atoms with Crippen LogP contribution in [0.3, 0.4) is 0 Å². The average molecular weight is 440 g/mol. The van der Waals surface area contributed by atoms with Gasteiger partial charge in [-0.25, -0.2) is 0 Å². The molecule has 1 aromatic rings. The molecule has 2 atom stereocenters. The Morgan fingerprint density at radius 1 is 1.07 bits per heavy atom. The predicted octanol–water partition coefficient (Wildman–Crippen LogP) is 0.620. The summed E-state index contributed by atoms with van der Waals surface area (Å²) >= 11 is 1.49. The van der Waals surface area contributed by atoms with Crippen LogP contribution in [0, 0.1) is 0 Å². The first-order valence-electron chi connectivity index (χ1n) is 9.68. The van der Waals surface area contributed by atoms with Crippen LogP contribution in [-0.4, -0.2) is 64.1 Å². The molecule has 6 N–H and O–H groups in total. The van der Waals surface area contributed by atoms with Crippen LogP contribution in [-0.2, 0) is 25.6 Å². The first kappa shape index (κ1) is 25.4. The topological polar surface area (TPSA) is 159 Å². The molecule has 1 aromatic carbocycles. The molecule has 0 unspecified atom stereocenters. The van der Waals surface area contributed by atoms with Crippen LogP contribution >= 0.6 is 11.8 Å². The number of rotatable bonds is 15. The maximum atomic E-state index is 12.2. The molecule has 0 aliphatic carbocycles. The van der Waals surface area contributed by atoms with Gasteiger partial charge in [-0.15, -0.1) is 0 Å². The Bertz CT molecular complexity index is 701. The Hall–Kier alpha value is -2.59. The second-order valence-corrected chi connectivity index (χ2v) is 7.88. The van der Waals surface area contributed by atoms with Crippen molar-refractivity contribution >= 4 is 35.5 Å². The molecule has 10 heteroatoms. The van der Waals surface area contributed by atoms with Gasteiger partial charge in [0.05, 0.1) is 0 Å². The number of carbonyl (C=O) groups is 4. The quantitative estimate of drug-likeness (QED) is 0.249. The first-order chi connectivity index (χ1) is 14.3. The summed E-state index contributed by atoms with van der Waals surface area (Å²) in [6.07, 6.45) is 2.69. The average Bonchev–Trinajstić information content (AvgIpc) is 2.72. The van der Waals surface area contributed by atoms with E-state index in [2.05, 4.69) is 22.8 Å². The number of carboxylic acids is 2. The zero-order valence-corrected chi connectivity index (χ0v) is 17.5. The third-order valence-electron chi connectivity index (χ3n) is 4.20. The number of thioether (sulfide) groups is 1. The highest BCUT2D eigenvalue weighted by Crippen LogP contribution is 2.11. The van der Waals surface area contributed by atoms with E-state index in [1.165, 1.54) is 17.3 Å². The van der Waals surface area contributed by atoms with Gasteiger partial charge in [0, 0.05) is 12.2 Å². The molecule has 0 spiro atoms. The molecular weight excluding hydrogens is 410 g/mol. The van der Waals surface area contributed by atoms with Gasteiger partial charge in [-0.3, -0.25) is 19.2 Å². The molecule has 0 aliphatic heterocycles. The maximum absolute atomic E-state index is 12.2. The highest BCUT2D eigenvalue weighted by Gasteiger charge is 2.22. The standard InChI is InChI=1S/C20H29N3O6S/c21-15(20(28)29)9-10-17(24)23-16(19(27)22-12-18(25)26)13-30-11-5-4-8-14-6-2-1-3-7-14/h1-3,6-7,15-16H,4-5,8-13,21H2,(H,22,27)(H,23,24)(H,25,26)(H,28,29)/t15-,16+/m1/s1. The van der Waals surface area contributed by atoms with Gasteiger partial charge in [-0.2, -0.15) is 11.8 Å². The Morgan fingerprint density at radius 2 is 1.77 bits per heavy atom. The highest BCUT2D eigenvalue weighted by molar-refractivity contribution is 7.99. The minimum Gasteiger partial charge on any atom is -0.480 e. The Kier molecular flexibility index (Phi) is 12.2. The highest BCUT2D eigenvalue weighted by atomic mass is 32.2. The van der Waals surface area contributed by atoms with Crippen molar-refractivity contribution in [3.8, 4) is 0 Å². The Morgan fingerprint density at radius 3 is 2.40 bits per heavy atom. The van der Waals surface area contributed by atoms with Crippen LogP contribution < -0.4 is 16.4 Å². The van der Waals surface area contributed by atoms with E-state index in [-0.39, 0.29) is 18.6 Å². The van der Waals surface area contributed by atoms with E-state index in [1.807, 2.05) is 18.2 Å². The molecule has 1 rings (SSSR count). The van der Waals surface area contributed by atoms with Crippen molar-refractivity contribution in [1.29, 1.82) is 0 Å². The second kappa shape index (κ2) is 14.4. The minimum atomic E-state index is -1.20. The van der Waals surface area contributed by atoms with Gasteiger partial charge in [0.2, 0.25) is 11.8 Å². The van der Waals surface area contributed by atoms with Crippen molar-refractivity contribution < 1.29 is 29.4 Å². The predicted molar refractivity (Wildman–Crippen MR) is 114 cm³/mol. The lowest BCUT2D eigenvalue weighted by atomic mass is 10.1. The summed E-state index contributed by atoms with van der Waals surface area (Å²) in [6, 6.07) is 8.04. The lowest BCUT2D eigenvalue weighted by molar-refractivity contribution is -0.139. The SMILES string of the molecule is N[C@H](CCC(=O)N[C@@H](CSCCCCc1ccccc1)C(=O)NCC(=O)O)C(=O)O. The molecule has 0 saturated carbocycles. The number of benzene rings is 1. The van der Waals surface area contributed by atoms with Crippen LogP contribution in [0.25, 0.3) is 0 Å². The molecule has 0 saturated heterocycles. The van der Waals surface area contributed by atoms with Gasteiger partial charge < -0.3 is 26.6 Å². The van der Waals surface area contributed by atoms with Crippen LogP contribution in [0.1, 0.15) is 31.2 Å². The number of hydrogen-bond acceptors (Lipinski definition) is 6. The number of nitrogens with one attached hydrogen (secondary N) is 2. The summed E-state index contributed by atoms with van der Waals surface area (Å²) in [7, 11) is 0. The molecule has 0 aromatic heterocycles. The second-order valence-electron chi connectivity index (χ2n) is 6.73. The zero-order chi connectivity index (χ0) is 22.4. The molecule has 0 radical (unpaired) electrons. The van der Waals surface area contributed by atoms with Gasteiger partial charge in [0.25, 0.3) is 0 Å². The molecule has 0 aliphatic rings. The van der Waals surface area contributed by atoms with Crippen LogP contribution in [0.5, 0.6) is 0 Å². The van der Waals surface area contributed by atoms with Crippen molar-refractivity contribution in [1.82, 2.24) is 10.6 Å². The number of aryl methyl sites for hydroxylation is 1. The smallest absolute Gasteiger partial charge is 0.322 e.